The minimum Gasteiger partial charge on any atom is -0.376 e. The molecule has 1 aliphatic heterocycles. The molecule has 0 amide bonds. The molecule has 0 saturated carbocycles. The van der Waals surface area contributed by atoms with E-state index in [0.717, 1.165) is 43.9 Å². The summed E-state index contributed by atoms with van der Waals surface area (Å²) in [6, 6.07) is 4.15. The average molecular weight is 263 g/mol. The van der Waals surface area contributed by atoms with Crippen LogP contribution in [0.15, 0.2) is 18.3 Å². The van der Waals surface area contributed by atoms with E-state index in [-0.39, 0.29) is 6.04 Å². The quantitative estimate of drug-likeness (QED) is 0.887. The van der Waals surface area contributed by atoms with Crippen molar-refractivity contribution in [1.82, 2.24) is 4.98 Å². The number of rotatable bonds is 5. The van der Waals surface area contributed by atoms with Gasteiger partial charge in [0, 0.05) is 31.9 Å². The number of nitrogens with zero attached hydrogens (tertiary/aromatic N) is 2. The van der Waals surface area contributed by atoms with E-state index < -0.39 is 0 Å². The summed E-state index contributed by atoms with van der Waals surface area (Å²) in [6.45, 7) is 7.00. The summed E-state index contributed by atoms with van der Waals surface area (Å²) in [5.41, 5.74) is 7.07. The van der Waals surface area contributed by atoms with E-state index in [2.05, 4.69) is 22.9 Å². The van der Waals surface area contributed by atoms with Crippen molar-refractivity contribution in [3.63, 3.8) is 0 Å². The first-order chi connectivity index (χ1) is 9.20. The molecule has 1 aliphatic rings. The Balaban J connectivity index is 2.02. The molecule has 2 N–H and O–H groups in total. The molecule has 0 bridgehead atoms. The van der Waals surface area contributed by atoms with Crippen molar-refractivity contribution in [3.8, 4) is 0 Å². The molecule has 1 unspecified atom stereocenters. The molecule has 1 aromatic heterocycles. The first-order valence-electron chi connectivity index (χ1n) is 7.28. The Morgan fingerprint density at radius 1 is 1.58 bits per heavy atom. The molecule has 0 radical (unpaired) electrons. The normalized spacial score (nSPS) is 21.4. The Hall–Kier alpha value is -1.13. The maximum Gasteiger partial charge on any atom is 0.128 e. The fraction of sp³-hybridized carbons (Fsp3) is 0.667. The highest BCUT2D eigenvalue weighted by atomic mass is 16.5. The van der Waals surface area contributed by atoms with Crippen molar-refractivity contribution in [2.24, 2.45) is 5.73 Å². The molecule has 0 aliphatic carbocycles. The van der Waals surface area contributed by atoms with Crippen LogP contribution in [-0.4, -0.2) is 30.8 Å². The SMILES string of the molecule is CCCOC1CCCN(c2cc([C@@H](C)N)ccn2)C1. The Morgan fingerprint density at radius 2 is 2.42 bits per heavy atom. The molecule has 2 heterocycles. The van der Waals surface area contributed by atoms with E-state index in [1.54, 1.807) is 0 Å². The topological polar surface area (TPSA) is 51.4 Å². The van der Waals surface area contributed by atoms with Crippen LogP contribution in [0.25, 0.3) is 0 Å². The maximum atomic E-state index is 5.93. The van der Waals surface area contributed by atoms with Crippen LogP contribution < -0.4 is 10.6 Å². The second-order valence-corrected chi connectivity index (χ2v) is 5.32. The number of ether oxygens (including phenoxy) is 1. The number of aromatic nitrogens is 1. The van der Waals surface area contributed by atoms with Gasteiger partial charge in [0.15, 0.2) is 0 Å². The molecule has 19 heavy (non-hydrogen) atoms. The molecular formula is C15H25N3O. The molecule has 4 heteroatoms. The lowest BCUT2D eigenvalue weighted by atomic mass is 10.1. The Morgan fingerprint density at radius 3 is 3.16 bits per heavy atom. The molecular weight excluding hydrogens is 238 g/mol. The molecule has 106 valence electrons. The van der Waals surface area contributed by atoms with E-state index in [1.165, 1.54) is 6.42 Å². The van der Waals surface area contributed by atoms with Crippen molar-refractivity contribution in [2.45, 2.75) is 45.3 Å². The van der Waals surface area contributed by atoms with Gasteiger partial charge in [-0.05, 0) is 43.9 Å². The summed E-state index contributed by atoms with van der Waals surface area (Å²) < 4.78 is 5.87. The van der Waals surface area contributed by atoms with E-state index >= 15 is 0 Å². The standard InChI is InChI=1S/C15H25N3O/c1-3-9-19-14-5-4-8-18(11-14)15-10-13(12(2)16)6-7-17-15/h6-7,10,12,14H,3-5,8-9,11,16H2,1-2H3/t12-,14?/m1/s1. The van der Waals surface area contributed by atoms with Gasteiger partial charge < -0.3 is 15.4 Å². The molecule has 0 aromatic carbocycles. The van der Waals surface area contributed by atoms with Gasteiger partial charge in [0.2, 0.25) is 0 Å². The van der Waals surface area contributed by atoms with Gasteiger partial charge in [-0.25, -0.2) is 4.98 Å². The average Bonchev–Trinajstić information content (AvgIpc) is 2.45. The van der Waals surface area contributed by atoms with Crippen LogP contribution in [0.4, 0.5) is 5.82 Å². The first-order valence-corrected chi connectivity index (χ1v) is 7.28. The highest BCUT2D eigenvalue weighted by molar-refractivity contribution is 5.42. The minimum absolute atomic E-state index is 0.0543. The van der Waals surface area contributed by atoms with Crippen LogP contribution in [0, 0.1) is 0 Å². The molecule has 1 fully saturated rings. The lowest BCUT2D eigenvalue weighted by Gasteiger charge is -2.33. The van der Waals surface area contributed by atoms with E-state index in [4.69, 9.17) is 10.5 Å². The van der Waals surface area contributed by atoms with Crippen LogP contribution in [0.3, 0.4) is 0 Å². The third-order valence-electron chi connectivity index (χ3n) is 3.56. The largest absolute Gasteiger partial charge is 0.376 e. The maximum absolute atomic E-state index is 5.93. The Bertz CT molecular complexity index is 395. The molecule has 0 spiro atoms. The van der Waals surface area contributed by atoms with Gasteiger partial charge in [-0.3, -0.25) is 0 Å². The molecule has 4 nitrogen and oxygen atoms in total. The Kier molecular flexibility index (Phi) is 5.16. The van der Waals surface area contributed by atoms with Crippen molar-refractivity contribution >= 4 is 5.82 Å². The van der Waals surface area contributed by atoms with E-state index in [0.29, 0.717) is 6.10 Å². The van der Waals surface area contributed by atoms with Crippen molar-refractivity contribution in [1.29, 1.82) is 0 Å². The predicted molar refractivity (Wildman–Crippen MR) is 78.3 cm³/mol. The lowest BCUT2D eigenvalue weighted by molar-refractivity contribution is 0.0439. The van der Waals surface area contributed by atoms with Crippen LogP contribution in [0.1, 0.15) is 44.7 Å². The van der Waals surface area contributed by atoms with Crippen LogP contribution in [0.5, 0.6) is 0 Å². The number of hydrogen-bond donors (Lipinski definition) is 1. The van der Waals surface area contributed by atoms with Crippen molar-refractivity contribution in [3.05, 3.63) is 23.9 Å². The number of nitrogens with two attached hydrogens (primary N) is 1. The van der Waals surface area contributed by atoms with Gasteiger partial charge in [0.25, 0.3) is 0 Å². The van der Waals surface area contributed by atoms with Gasteiger partial charge in [-0.1, -0.05) is 6.92 Å². The highest BCUT2D eigenvalue weighted by Gasteiger charge is 2.21. The number of pyridine rings is 1. The van der Waals surface area contributed by atoms with Gasteiger partial charge in [0.1, 0.15) is 5.82 Å². The summed E-state index contributed by atoms with van der Waals surface area (Å²) in [5.74, 6) is 1.03. The highest BCUT2D eigenvalue weighted by Crippen LogP contribution is 2.22. The summed E-state index contributed by atoms with van der Waals surface area (Å²) in [5, 5.41) is 0. The zero-order valence-electron chi connectivity index (χ0n) is 12.0. The minimum atomic E-state index is 0.0543. The summed E-state index contributed by atoms with van der Waals surface area (Å²) in [4.78, 5) is 6.79. The molecule has 1 saturated heterocycles. The van der Waals surface area contributed by atoms with Crippen LogP contribution in [-0.2, 0) is 4.74 Å². The summed E-state index contributed by atoms with van der Waals surface area (Å²) in [6.07, 6.45) is 5.59. The number of anilines is 1. The monoisotopic (exact) mass is 263 g/mol. The van der Waals surface area contributed by atoms with Gasteiger partial charge >= 0.3 is 0 Å². The van der Waals surface area contributed by atoms with Crippen LogP contribution >= 0.6 is 0 Å². The second-order valence-electron chi connectivity index (χ2n) is 5.32. The van der Waals surface area contributed by atoms with E-state index in [9.17, 15) is 0 Å². The zero-order chi connectivity index (χ0) is 13.7. The van der Waals surface area contributed by atoms with Gasteiger partial charge in [-0.15, -0.1) is 0 Å². The smallest absolute Gasteiger partial charge is 0.128 e. The number of piperidine rings is 1. The number of hydrogen-bond acceptors (Lipinski definition) is 4. The van der Waals surface area contributed by atoms with Crippen LogP contribution in [0.2, 0.25) is 0 Å². The molecule has 2 rings (SSSR count). The molecule has 1 aromatic rings. The van der Waals surface area contributed by atoms with Gasteiger partial charge in [0.05, 0.1) is 6.10 Å². The third-order valence-corrected chi connectivity index (χ3v) is 3.56. The van der Waals surface area contributed by atoms with Crippen molar-refractivity contribution < 1.29 is 4.74 Å². The van der Waals surface area contributed by atoms with E-state index in [1.807, 2.05) is 19.2 Å². The zero-order valence-corrected chi connectivity index (χ0v) is 12.0. The van der Waals surface area contributed by atoms with Crippen molar-refractivity contribution in [2.75, 3.05) is 24.6 Å². The van der Waals surface area contributed by atoms with Gasteiger partial charge in [-0.2, -0.15) is 0 Å². The first kappa shape index (κ1) is 14.3. The summed E-state index contributed by atoms with van der Waals surface area (Å²) >= 11 is 0. The third kappa shape index (κ3) is 3.91. The predicted octanol–water partition coefficient (Wildman–Crippen LogP) is 2.50. The molecule has 2 atom stereocenters. The summed E-state index contributed by atoms with van der Waals surface area (Å²) in [7, 11) is 0. The fourth-order valence-electron chi connectivity index (χ4n) is 2.46. The fourth-order valence-corrected chi connectivity index (χ4v) is 2.46. The Labute approximate surface area is 116 Å². The lowest BCUT2D eigenvalue weighted by Crippen LogP contribution is -2.40. The second kappa shape index (κ2) is 6.87.